The van der Waals surface area contributed by atoms with Crippen LogP contribution < -0.4 is 10.7 Å². The highest BCUT2D eigenvalue weighted by atomic mass is 79.9. The summed E-state index contributed by atoms with van der Waals surface area (Å²) in [7, 11) is 0. The Labute approximate surface area is 166 Å². The summed E-state index contributed by atoms with van der Waals surface area (Å²) in [6, 6.07) is 11.0. The molecule has 27 heavy (non-hydrogen) atoms. The van der Waals surface area contributed by atoms with E-state index >= 15 is 0 Å². The maximum Gasteiger partial charge on any atom is 0.306 e. The molecule has 2 aromatic rings. The third-order valence-electron chi connectivity index (χ3n) is 3.60. The number of aliphatic hydroxyl groups is 1. The van der Waals surface area contributed by atoms with E-state index < -0.39 is 23.4 Å². The summed E-state index contributed by atoms with van der Waals surface area (Å²) in [6.07, 6.45) is 0.762. The number of ketones is 1. The van der Waals surface area contributed by atoms with Crippen molar-refractivity contribution in [1.29, 1.82) is 0 Å². The highest BCUT2D eigenvalue weighted by Crippen LogP contribution is 2.26. The standard InChI is InChI=1S/C18H11BrClN3O4/c19-10-3-6-13-12(7-10)16(18(27)21-13)22-23-17(26)15(25)8-14(24)9-1-4-11(20)5-2-9/h1-8,25H,(H,23,26)(H,21,22,27)/b15-8-. The first-order valence-electron chi connectivity index (χ1n) is 7.55. The number of hydrogen-bond acceptors (Lipinski definition) is 5. The molecular formula is C18H11BrClN3O4. The van der Waals surface area contributed by atoms with Crippen molar-refractivity contribution in [1.82, 2.24) is 5.43 Å². The van der Waals surface area contributed by atoms with Crippen LogP contribution in [0.5, 0.6) is 0 Å². The molecule has 7 nitrogen and oxygen atoms in total. The second-order valence-corrected chi connectivity index (χ2v) is 6.80. The highest BCUT2D eigenvalue weighted by Gasteiger charge is 2.26. The molecule has 2 amide bonds. The number of allylic oxidation sites excluding steroid dienone is 1. The molecule has 0 unspecified atom stereocenters. The Morgan fingerprint density at radius 3 is 2.59 bits per heavy atom. The van der Waals surface area contributed by atoms with Crippen LogP contribution in [0.2, 0.25) is 5.02 Å². The van der Waals surface area contributed by atoms with E-state index in [2.05, 4.69) is 31.8 Å². The van der Waals surface area contributed by atoms with Crippen LogP contribution in [-0.4, -0.2) is 28.4 Å². The number of benzene rings is 2. The molecule has 2 aromatic carbocycles. The van der Waals surface area contributed by atoms with Gasteiger partial charge in [-0.05, 0) is 42.5 Å². The normalized spacial score (nSPS) is 14.7. The van der Waals surface area contributed by atoms with Crippen molar-refractivity contribution < 1.29 is 19.5 Å². The predicted octanol–water partition coefficient (Wildman–Crippen LogP) is 3.20. The van der Waals surface area contributed by atoms with Gasteiger partial charge in [-0.3, -0.25) is 14.4 Å². The Kier molecular flexibility index (Phi) is 5.38. The smallest absolute Gasteiger partial charge is 0.306 e. The third kappa shape index (κ3) is 4.24. The molecule has 0 atom stereocenters. The summed E-state index contributed by atoms with van der Waals surface area (Å²) in [6.45, 7) is 0. The Hall–Kier alpha value is -2.97. The average molecular weight is 449 g/mol. The Morgan fingerprint density at radius 2 is 1.89 bits per heavy atom. The minimum atomic E-state index is -1.03. The summed E-state index contributed by atoms with van der Waals surface area (Å²) in [5, 5.41) is 16.6. The number of carbonyl (C=O) groups excluding carboxylic acids is 3. The van der Waals surface area contributed by atoms with E-state index in [9.17, 15) is 19.5 Å². The first-order chi connectivity index (χ1) is 12.8. The minimum Gasteiger partial charge on any atom is -0.503 e. The zero-order valence-corrected chi connectivity index (χ0v) is 15.8. The Morgan fingerprint density at radius 1 is 1.19 bits per heavy atom. The van der Waals surface area contributed by atoms with Crippen molar-refractivity contribution >= 4 is 56.5 Å². The molecule has 0 bridgehead atoms. The number of fused-ring (bicyclic) bond motifs is 1. The molecule has 1 aliphatic rings. The van der Waals surface area contributed by atoms with Gasteiger partial charge in [-0.15, -0.1) is 0 Å². The summed E-state index contributed by atoms with van der Waals surface area (Å²) in [5.41, 5.74) is 3.34. The fourth-order valence-electron chi connectivity index (χ4n) is 2.29. The van der Waals surface area contributed by atoms with Gasteiger partial charge in [0.05, 0.1) is 5.69 Å². The van der Waals surface area contributed by atoms with E-state index in [0.29, 0.717) is 16.3 Å². The monoisotopic (exact) mass is 447 g/mol. The second kappa shape index (κ2) is 7.73. The summed E-state index contributed by atoms with van der Waals surface area (Å²) in [5.74, 6) is -2.95. The SMILES string of the molecule is O=C(N/N=C1\C(=O)Nc2ccc(Br)cc21)/C(O)=C/C(=O)c1ccc(Cl)cc1. The lowest BCUT2D eigenvalue weighted by Crippen LogP contribution is -2.25. The number of carbonyl (C=O) groups is 3. The Balaban J connectivity index is 1.74. The molecule has 0 saturated carbocycles. The van der Waals surface area contributed by atoms with E-state index in [4.69, 9.17) is 11.6 Å². The predicted molar refractivity (Wildman–Crippen MR) is 104 cm³/mol. The van der Waals surface area contributed by atoms with Crippen molar-refractivity contribution in [2.45, 2.75) is 0 Å². The molecule has 1 aliphatic heterocycles. The quantitative estimate of drug-likeness (QED) is 0.289. The van der Waals surface area contributed by atoms with Gasteiger partial charge in [0.15, 0.2) is 17.3 Å². The van der Waals surface area contributed by atoms with Crippen LogP contribution in [0.15, 0.2) is 63.9 Å². The van der Waals surface area contributed by atoms with E-state index in [1.165, 1.54) is 24.3 Å². The first kappa shape index (κ1) is 18.8. The molecule has 3 rings (SSSR count). The molecule has 9 heteroatoms. The van der Waals surface area contributed by atoms with E-state index in [0.717, 1.165) is 10.5 Å². The average Bonchev–Trinajstić information content (AvgIpc) is 2.94. The van der Waals surface area contributed by atoms with Gasteiger partial charge in [-0.2, -0.15) is 5.10 Å². The van der Waals surface area contributed by atoms with Gasteiger partial charge in [0, 0.05) is 26.7 Å². The van der Waals surface area contributed by atoms with Crippen LogP contribution >= 0.6 is 27.5 Å². The van der Waals surface area contributed by atoms with Gasteiger partial charge < -0.3 is 10.4 Å². The molecular weight excluding hydrogens is 438 g/mol. The number of hydrazone groups is 1. The summed E-state index contributed by atoms with van der Waals surface area (Å²) in [4.78, 5) is 35.9. The zero-order chi connectivity index (χ0) is 19.6. The van der Waals surface area contributed by atoms with Crippen molar-refractivity contribution in [2.24, 2.45) is 5.10 Å². The molecule has 0 saturated heterocycles. The molecule has 0 radical (unpaired) electrons. The number of nitrogens with zero attached hydrogens (tertiary/aromatic N) is 1. The number of halogens is 2. The molecule has 0 fully saturated rings. The van der Waals surface area contributed by atoms with Crippen LogP contribution in [0.3, 0.4) is 0 Å². The number of amides is 2. The number of anilines is 1. The second-order valence-electron chi connectivity index (χ2n) is 5.45. The van der Waals surface area contributed by atoms with Gasteiger partial charge in [0.2, 0.25) is 0 Å². The molecule has 0 spiro atoms. The molecule has 1 heterocycles. The van der Waals surface area contributed by atoms with Crippen LogP contribution in [-0.2, 0) is 9.59 Å². The molecule has 0 aromatic heterocycles. The summed E-state index contributed by atoms with van der Waals surface area (Å²) >= 11 is 9.04. The fourth-order valence-corrected chi connectivity index (χ4v) is 2.77. The van der Waals surface area contributed by atoms with Gasteiger partial charge >= 0.3 is 5.91 Å². The first-order valence-corrected chi connectivity index (χ1v) is 8.72. The minimum absolute atomic E-state index is 0.0172. The number of nitrogens with one attached hydrogen (secondary N) is 2. The molecule has 136 valence electrons. The Bertz CT molecular complexity index is 1020. The maximum atomic E-state index is 12.0. The van der Waals surface area contributed by atoms with E-state index in [-0.39, 0.29) is 11.3 Å². The zero-order valence-electron chi connectivity index (χ0n) is 13.5. The van der Waals surface area contributed by atoms with Crippen molar-refractivity contribution in [2.75, 3.05) is 5.32 Å². The number of hydrogen-bond donors (Lipinski definition) is 3. The van der Waals surface area contributed by atoms with Crippen molar-refractivity contribution in [3.63, 3.8) is 0 Å². The lowest BCUT2D eigenvalue weighted by Gasteiger charge is -2.01. The van der Waals surface area contributed by atoms with Gasteiger partial charge in [-0.25, -0.2) is 5.43 Å². The van der Waals surface area contributed by atoms with Crippen LogP contribution in [0.1, 0.15) is 15.9 Å². The maximum absolute atomic E-state index is 12.0. The van der Waals surface area contributed by atoms with Crippen LogP contribution in [0.25, 0.3) is 0 Å². The lowest BCUT2D eigenvalue weighted by molar-refractivity contribution is -0.119. The van der Waals surface area contributed by atoms with Crippen LogP contribution in [0, 0.1) is 0 Å². The lowest BCUT2D eigenvalue weighted by atomic mass is 10.1. The largest absolute Gasteiger partial charge is 0.503 e. The van der Waals surface area contributed by atoms with Gasteiger partial charge in [0.25, 0.3) is 5.91 Å². The fraction of sp³-hybridized carbons (Fsp3) is 0. The third-order valence-corrected chi connectivity index (χ3v) is 4.34. The molecule has 0 aliphatic carbocycles. The number of aliphatic hydroxyl groups excluding tert-OH is 1. The van der Waals surface area contributed by atoms with E-state index in [1.54, 1.807) is 18.2 Å². The van der Waals surface area contributed by atoms with Gasteiger partial charge in [0.1, 0.15) is 0 Å². The summed E-state index contributed by atoms with van der Waals surface area (Å²) < 4.78 is 0.730. The number of rotatable bonds is 4. The van der Waals surface area contributed by atoms with Crippen molar-refractivity contribution in [3.05, 3.63) is 74.9 Å². The topological polar surface area (TPSA) is 108 Å². The molecule has 3 N–H and O–H groups in total. The van der Waals surface area contributed by atoms with Crippen LogP contribution in [0.4, 0.5) is 5.69 Å². The van der Waals surface area contributed by atoms with Crippen molar-refractivity contribution in [3.8, 4) is 0 Å². The highest BCUT2D eigenvalue weighted by molar-refractivity contribution is 9.10. The van der Waals surface area contributed by atoms with E-state index in [1.807, 2.05) is 0 Å². The van der Waals surface area contributed by atoms with Gasteiger partial charge in [-0.1, -0.05) is 27.5 Å².